The van der Waals surface area contributed by atoms with E-state index in [4.69, 9.17) is 36.3 Å². The number of amidine groups is 1. The van der Waals surface area contributed by atoms with E-state index in [1.807, 2.05) is 18.2 Å². The fourth-order valence-electron chi connectivity index (χ4n) is 6.28. The van der Waals surface area contributed by atoms with E-state index >= 15 is 0 Å². The zero-order valence-corrected chi connectivity index (χ0v) is 29.8. The zero-order chi connectivity index (χ0) is 35.9. The number of thiazole rings is 1. The van der Waals surface area contributed by atoms with Gasteiger partial charge in [-0.2, -0.15) is 13.5 Å². The molecule has 2 fully saturated rings. The summed E-state index contributed by atoms with van der Waals surface area (Å²) in [5.41, 5.74) is 17.2. The van der Waals surface area contributed by atoms with Gasteiger partial charge in [-0.1, -0.05) is 5.16 Å². The number of anilines is 1. The molecule has 1 saturated heterocycles. The van der Waals surface area contributed by atoms with Crippen molar-refractivity contribution in [2.45, 2.75) is 102 Å². The Kier molecular flexibility index (Phi) is 10.0. The first-order valence-corrected chi connectivity index (χ1v) is 18.2. The summed E-state index contributed by atoms with van der Waals surface area (Å²) in [4.78, 5) is 41.1. The maximum atomic E-state index is 13.5. The molecule has 1 saturated carbocycles. The highest BCUT2D eigenvalue weighted by atomic mass is 32.3. The molecule has 1 aromatic carbocycles. The van der Waals surface area contributed by atoms with Gasteiger partial charge in [0, 0.05) is 10.9 Å². The number of hydrogen-bond donors (Lipinski definition) is 5. The SMILES string of the molecule is CC1(N=C(N)c2ccc3c(c2)CC[C@H](C(C)(C)O/N=C(\C(=O)N[C@@H]2C(=O)N(OS(=O)(=O)O)C2(C)C)c2csc(N)n2)O3)CCC(CN)CC1. The molecule has 2 aromatic rings. The summed E-state index contributed by atoms with van der Waals surface area (Å²) in [5, 5.41) is 8.83. The largest absolute Gasteiger partial charge is 0.486 e. The van der Waals surface area contributed by atoms with E-state index in [1.165, 1.54) is 19.2 Å². The number of hydroxylamine groups is 2. The normalized spacial score (nSPS) is 26.0. The van der Waals surface area contributed by atoms with Crippen LogP contribution in [0.3, 0.4) is 0 Å². The van der Waals surface area contributed by atoms with Gasteiger partial charge in [-0.05, 0) is 109 Å². The second-order valence-corrected chi connectivity index (χ2v) is 15.9. The molecule has 5 rings (SSSR count). The first kappa shape index (κ1) is 36.4. The highest BCUT2D eigenvalue weighted by Crippen LogP contribution is 2.37. The maximum Gasteiger partial charge on any atom is 0.418 e. The third-order valence-corrected chi connectivity index (χ3v) is 10.5. The van der Waals surface area contributed by atoms with Gasteiger partial charge in [0.05, 0.1) is 11.1 Å². The van der Waals surface area contributed by atoms with E-state index in [0.29, 0.717) is 42.0 Å². The number of oxime groups is 1. The molecule has 18 heteroatoms. The molecule has 1 aliphatic carbocycles. The third kappa shape index (κ3) is 7.98. The zero-order valence-electron chi connectivity index (χ0n) is 28.1. The van der Waals surface area contributed by atoms with E-state index in [0.717, 1.165) is 48.1 Å². The molecule has 2 atom stereocenters. The van der Waals surface area contributed by atoms with Crippen molar-refractivity contribution in [1.29, 1.82) is 0 Å². The van der Waals surface area contributed by atoms with Crippen LogP contribution in [0.2, 0.25) is 0 Å². The van der Waals surface area contributed by atoms with Gasteiger partial charge in [-0.25, -0.2) is 4.98 Å². The smallest absolute Gasteiger partial charge is 0.418 e. The number of aromatic nitrogens is 1. The summed E-state index contributed by atoms with van der Waals surface area (Å²) >= 11 is 1.08. The van der Waals surface area contributed by atoms with Gasteiger partial charge in [0.1, 0.15) is 29.4 Å². The number of carbonyl (C=O) groups is 2. The summed E-state index contributed by atoms with van der Waals surface area (Å²) in [6.45, 7) is 9.29. The molecule has 16 nitrogen and oxygen atoms in total. The average molecular weight is 721 g/mol. The van der Waals surface area contributed by atoms with Crippen molar-refractivity contribution in [2.75, 3.05) is 12.3 Å². The maximum absolute atomic E-state index is 13.5. The van der Waals surface area contributed by atoms with E-state index in [-0.39, 0.29) is 22.1 Å². The quantitative estimate of drug-likeness (QED) is 0.0736. The van der Waals surface area contributed by atoms with Crippen molar-refractivity contribution in [3.63, 3.8) is 0 Å². The van der Waals surface area contributed by atoms with Crippen molar-refractivity contribution in [1.82, 2.24) is 15.4 Å². The van der Waals surface area contributed by atoms with Crippen LogP contribution >= 0.6 is 11.3 Å². The van der Waals surface area contributed by atoms with Gasteiger partial charge in [0.25, 0.3) is 11.8 Å². The van der Waals surface area contributed by atoms with Crippen LogP contribution in [-0.4, -0.2) is 81.7 Å². The van der Waals surface area contributed by atoms with Gasteiger partial charge in [-0.15, -0.1) is 15.6 Å². The molecule has 1 aromatic heterocycles. The van der Waals surface area contributed by atoms with Crippen molar-refractivity contribution >= 4 is 50.2 Å². The molecule has 3 aliphatic rings. The Hall–Kier alpha value is -3.84. The van der Waals surface area contributed by atoms with Gasteiger partial charge < -0.3 is 32.1 Å². The first-order valence-electron chi connectivity index (χ1n) is 16.0. The summed E-state index contributed by atoms with van der Waals surface area (Å²) in [6.07, 6.45) is 4.77. The van der Waals surface area contributed by atoms with Gasteiger partial charge in [-0.3, -0.25) is 19.1 Å². The van der Waals surface area contributed by atoms with Gasteiger partial charge in [0.2, 0.25) is 0 Å². The Balaban J connectivity index is 1.28. The third-order valence-electron chi connectivity index (χ3n) is 9.46. The lowest BCUT2D eigenvalue weighted by atomic mass is 9.78. The molecule has 0 unspecified atom stereocenters. The number of nitrogens with one attached hydrogen (secondary N) is 1. The number of aryl methyl sites for hydroxylation is 1. The van der Waals surface area contributed by atoms with Crippen molar-refractivity contribution in [3.8, 4) is 5.75 Å². The minimum Gasteiger partial charge on any atom is -0.486 e. The number of carbonyl (C=O) groups excluding carboxylic acids is 2. The number of hydrogen-bond acceptors (Lipinski definition) is 13. The number of β-lactam (4-membered cyclic amide) rings is 1. The number of amides is 2. The van der Waals surface area contributed by atoms with Crippen LogP contribution in [0, 0.1) is 5.92 Å². The van der Waals surface area contributed by atoms with Crippen LogP contribution in [0.15, 0.2) is 33.7 Å². The van der Waals surface area contributed by atoms with Crippen LogP contribution in [0.1, 0.15) is 83.5 Å². The molecule has 0 radical (unpaired) electrons. The van der Waals surface area contributed by atoms with Crippen LogP contribution in [0.5, 0.6) is 5.75 Å². The Morgan fingerprint density at radius 2 is 1.94 bits per heavy atom. The molecule has 2 aliphatic heterocycles. The lowest BCUT2D eigenvalue weighted by Gasteiger charge is -2.50. The van der Waals surface area contributed by atoms with Crippen molar-refractivity contribution < 1.29 is 36.4 Å². The minimum atomic E-state index is -4.97. The predicted molar refractivity (Wildman–Crippen MR) is 183 cm³/mol. The summed E-state index contributed by atoms with van der Waals surface area (Å²) in [5.74, 6) is -0.0144. The van der Waals surface area contributed by atoms with E-state index in [9.17, 15) is 18.0 Å². The number of ether oxygens (including phenoxy) is 1. The van der Waals surface area contributed by atoms with E-state index in [1.54, 1.807) is 13.8 Å². The number of nitrogens with zero attached hydrogens (tertiary/aromatic N) is 4. The number of rotatable bonds is 11. The predicted octanol–water partition coefficient (Wildman–Crippen LogP) is 2.07. The van der Waals surface area contributed by atoms with Gasteiger partial charge >= 0.3 is 10.4 Å². The van der Waals surface area contributed by atoms with E-state index < -0.39 is 45.5 Å². The van der Waals surface area contributed by atoms with Crippen LogP contribution in [-0.2, 0) is 35.5 Å². The molecular formula is C31H44N8O8S2. The topological polar surface area (TPSA) is 247 Å². The minimum absolute atomic E-state index is 0.106. The molecule has 49 heavy (non-hydrogen) atoms. The van der Waals surface area contributed by atoms with Gasteiger partial charge in [0.15, 0.2) is 16.4 Å². The number of aliphatic imine (C=N–C) groups is 1. The van der Waals surface area contributed by atoms with Crippen LogP contribution in [0.4, 0.5) is 5.13 Å². The monoisotopic (exact) mass is 720 g/mol. The van der Waals surface area contributed by atoms with Crippen molar-refractivity contribution in [2.24, 2.45) is 27.5 Å². The Bertz CT molecular complexity index is 1770. The first-order chi connectivity index (χ1) is 22.8. The second kappa shape index (κ2) is 13.5. The van der Waals surface area contributed by atoms with E-state index in [2.05, 4.69) is 26.7 Å². The molecule has 0 spiro atoms. The fourth-order valence-corrected chi connectivity index (χ4v) is 7.28. The number of fused-ring (bicyclic) bond motifs is 1. The summed E-state index contributed by atoms with van der Waals surface area (Å²) in [7, 11) is -4.97. The second-order valence-electron chi connectivity index (χ2n) is 14.0. The molecule has 8 N–H and O–H groups in total. The lowest BCUT2D eigenvalue weighted by Crippen LogP contribution is -2.76. The average Bonchev–Trinajstić information content (AvgIpc) is 3.47. The summed E-state index contributed by atoms with van der Waals surface area (Å²) in [6, 6.07) is 4.55. The molecular weight excluding hydrogens is 677 g/mol. The standard InChI is InChI=1S/C31H44N8O8S2/c1-29(2)24(27(41)39(29)47-49(42,43)44)36-26(40)23(20-16-48-28(34)35-20)38-46-30(3,4)22-9-7-18-14-19(6-8-21(18)45-22)25(33)37-31(5)12-10-17(15-32)11-13-31/h6,8,14,16-17,22,24H,7,9-13,15,32H2,1-5H3,(H2,33,37)(H2,34,35)(H,36,40)(H,42,43,44)/b38-23-/t17?,22-,24-,31?/m1/s1. The Morgan fingerprint density at radius 3 is 2.53 bits per heavy atom. The van der Waals surface area contributed by atoms with Crippen LogP contribution < -0.4 is 27.3 Å². The highest BCUT2D eigenvalue weighted by Gasteiger charge is 2.58. The van der Waals surface area contributed by atoms with Crippen molar-refractivity contribution in [3.05, 3.63) is 40.4 Å². The lowest BCUT2D eigenvalue weighted by molar-refractivity contribution is -0.218. The summed E-state index contributed by atoms with van der Waals surface area (Å²) < 4.78 is 42.1. The van der Waals surface area contributed by atoms with Crippen LogP contribution in [0.25, 0.3) is 0 Å². The Labute approximate surface area is 289 Å². The number of nitrogen functional groups attached to an aromatic ring is 1. The Morgan fingerprint density at radius 1 is 1.24 bits per heavy atom. The number of nitrogens with two attached hydrogens (primary N) is 3. The molecule has 0 bridgehead atoms. The highest BCUT2D eigenvalue weighted by molar-refractivity contribution is 7.80. The number of benzene rings is 1. The molecule has 2 amide bonds. The molecule has 268 valence electrons. The fraction of sp³-hybridized carbons (Fsp3) is 0.581. The molecule has 3 heterocycles.